The number of aryl methyl sites for hydroxylation is 1. The molecule has 0 radical (unpaired) electrons. The summed E-state index contributed by atoms with van der Waals surface area (Å²) >= 11 is 5.98. The molecular weight excluding hydrogens is 212 g/mol. The van der Waals surface area contributed by atoms with Crippen molar-refractivity contribution in [1.82, 2.24) is 9.78 Å². The Kier molecular flexibility index (Phi) is 3.55. The lowest BCUT2D eigenvalue weighted by atomic mass is 9.84. The molecule has 0 amide bonds. The van der Waals surface area contributed by atoms with Crippen LogP contribution in [0.2, 0.25) is 5.02 Å². The van der Waals surface area contributed by atoms with Crippen LogP contribution in [0.1, 0.15) is 44.6 Å². The molecule has 4 heteroatoms. The number of ketones is 1. The quantitative estimate of drug-likeness (QED) is 0.742. The molecule has 1 heterocycles. The maximum atomic E-state index is 12.2. The Morgan fingerprint density at radius 1 is 1.53 bits per heavy atom. The summed E-state index contributed by atoms with van der Waals surface area (Å²) in [7, 11) is 0. The second-order valence-electron chi connectivity index (χ2n) is 4.22. The molecule has 0 spiro atoms. The summed E-state index contributed by atoms with van der Waals surface area (Å²) in [6.07, 6.45) is 2.32. The minimum Gasteiger partial charge on any atom is -0.292 e. The average molecular weight is 229 g/mol. The van der Waals surface area contributed by atoms with Crippen molar-refractivity contribution in [3.05, 3.63) is 16.9 Å². The molecule has 0 atom stereocenters. The molecule has 0 saturated heterocycles. The zero-order valence-electron chi connectivity index (χ0n) is 9.67. The van der Waals surface area contributed by atoms with E-state index in [1.165, 1.54) is 6.20 Å². The highest BCUT2D eigenvalue weighted by atomic mass is 35.5. The van der Waals surface area contributed by atoms with Gasteiger partial charge in [0.2, 0.25) is 0 Å². The van der Waals surface area contributed by atoms with E-state index in [0.29, 0.717) is 17.3 Å². The SMILES string of the molecule is CCn1ncc(Cl)c1C(=O)C(C)(C)CC. The van der Waals surface area contributed by atoms with Crippen LogP contribution < -0.4 is 0 Å². The van der Waals surface area contributed by atoms with Crippen molar-refractivity contribution >= 4 is 17.4 Å². The second-order valence-corrected chi connectivity index (χ2v) is 4.63. The van der Waals surface area contributed by atoms with Gasteiger partial charge >= 0.3 is 0 Å². The fraction of sp³-hybridized carbons (Fsp3) is 0.636. The average Bonchev–Trinajstić information content (AvgIpc) is 2.58. The maximum absolute atomic E-state index is 12.2. The Hall–Kier alpha value is -0.830. The Labute approximate surface area is 95.4 Å². The van der Waals surface area contributed by atoms with Gasteiger partial charge in [0.15, 0.2) is 5.78 Å². The lowest BCUT2D eigenvalue weighted by Gasteiger charge is -2.21. The third-order valence-electron chi connectivity index (χ3n) is 2.81. The van der Waals surface area contributed by atoms with Gasteiger partial charge in [-0.05, 0) is 13.3 Å². The third-order valence-corrected chi connectivity index (χ3v) is 3.08. The monoisotopic (exact) mass is 228 g/mol. The number of nitrogens with zero attached hydrogens (tertiary/aromatic N) is 2. The van der Waals surface area contributed by atoms with E-state index in [1.54, 1.807) is 4.68 Å². The van der Waals surface area contributed by atoms with Gasteiger partial charge in [-0.1, -0.05) is 32.4 Å². The smallest absolute Gasteiger partial charge is 0.187 e. The summed E-state index contributed by atoms with van der Waals surface area (Å²) in [6, 6.07) is 0. The highest BCUT2D eigenvalue weighted by Crippen LogP contribution is 2.28. The molecule has 0 aliphatic rings. The first-order valence-electron chi connectivity index (χ1n) is 5.20. The molecular formula is C11H17ClN2O. The Morgan fingerprint density at radius 3 is 2.60 bits per heavy atom. The summed E-state index contributed by atoms with van der Waals surface area (Å²) < 4.78 is 1.65. The van der Waals surface area contributed by atoms with Gasteiger partial charge in [0.05, 0.1) is 11.2 Å². The van der Waals surface area contributed by atoms with Crippen molar-refractivity contribution in [1.29, 1.82) is 0 Å². The summed E-state index contributed by atoms with van der Waals surface area (Å²) in [6.45, 7) is 8.46. The third kappa shape index (κ3) is 2.23. The summed E-state index contributed by atoms with van der Waals surface area (Å²) in [5.41, 5.74) is 0.155. The fourth-order valence-corrected chi connectivity index (χ4v) is 1.54. The Morgan fingerprint density at radius 2 is 2.13 bits per heavy atom. The van der Waals surface area contributed by atoms with E-state index in [2.05, 4.69) is 5.10 Å². The van der Waals surface area contributed by atoms with Gasteiger partial charge < -0.3 is 0 Å². The molecule has 0 unspecified atom stereocenters. The second kappa shape index (κ2) is 4.35. The largest absolute Gasteiger partial charge is 0.292 e. The van der Waals surface area contributed by atoms with Crippen LogP contribution in [0.5, 0.6) is 0 Å². The van der Waals surface area contributed by atoms with Crippen LogP contribution >= 0.6 is 11.6 Å². The minimum absolute atomic E-state index is 0.0642. The van der Waals surface area contributed by atoms with E-state index in [0.717, 1.165) is 6.42 Å². The van der Waals surface area contributed by atoms with Gasteiger partial charge in [-0.2, -0.15) is 5.10 Å². The van der Waals surface area contributed by atoms with E-state index in [9.17, 15) is 4.79 Å². The molecule has 0 fully saturated rings. The van der Waals surface area contributed by atoms with Crippen molar-refractivity contribution < 1.29 is 4.79 Å². The van der Waals surface area contributed by atoms with Gasteiger partial charge in [0, 0.05) is 12.0 Å². The first-order valence-corrected chi connectivity index (χ1v) is 5.58. The van der Waals surface area contributed by atoms with Gasteiger partial charge in [-0.15, -0.1) is 0 Å². The summed E-state index contributed by atoms with van der Waals surface area (Å²) in [5.74, 6) is 0.0642. The van der Waals surface area contributed by atoms with Gasteiger partial charge in [-0.3, -0.25) is 9.48 Å². The summed E-state index contributed by atoms with van der Waals surface area (Å²) in [4.78, 5) is 12.2. The van der Waals surface area contributed by atoms with Gasteiger partial charge in [-0.25, -0.2) is 0 Å². The van der Waals surface area contributed by atoms with Crippen LogP contribution in [-0.2, 0) is 6.54 Å². The number of halogens is 1. The van der Waals surface area contributed by atoms with E-state index >= 15 is 0 Å². The zero-order valence-corrected chi connectivity index (χ0v) is 10.4. The number of carbonyl (C=O) groups is 1. The highest BCUT2D eigenvalue weighted by molar-refractivity contribution is 6.33. The van der Waals surface area contributed by atoms with Crippen molar-refractivity contribution in [2.24, 2.45) is 5.41 Å². The highest BCUT2D eigenvalue weighted by Gasteiger charge is 2.30. The van der Waals surface area contributed by atoms with Crippen molar-refractivity contribution in [2.45, 2.75) is 40.7 Å². The van der Waals surface area contributed by atoms with Crippen LogP contribution in [-0.4, -0.2) is 15.6 Å². The molecule has 0 aromatic carbocycles. The minimum atomic E-state index is -0.378. The molecule has 0 aliphatic carbocycles. The molecule has 0 N–H and O–H groups in total. The normalized spacial score (nSPS) is 11.8. The molecule has 15 heavy (non-hydrogen) atoms. The Bertz CT molecular complexity index is 369. The predicted molar refractivity (Wildman–Crippen MR) is 61.3 cm³/mol. The van der Waals surface area contributed by atoms with Crippen LogP contribution in [0.15, 0.2) is 6.20 Å². The van der Waals surface area contributed by atoms with Crippen LogP contribution in [0.3, 0.4) is 0 Å². The van der Waals surface area contributed by atoms with Crippen molar-refractivity contribution in [3.63, 3.8) is 0 Å². The zero-order chi connectivity index (χ0) is 11.6. The van der Waals surface area contributed by atoms with Crippen LogP contribution in [0, 0.1) is 5.41 Å². The number of carbonyl (C=O) groups excluding carboxylic acids is 1. The summed E-state index contributed by atoms with van der Waals surface area (Å²) in [5, 5.41) is 4.51. The van der Waals surface area contributed by atoms with E-state index in [4.69, 9.17) is 11.6 Å². The van der Waals surface area contributed by atoms with Gasteiger partial charge in [0.25, 0.3) is 0 Å². The number of hydrogen-bond acceptors (Lipinski definition) is 2. The van der Waals surface area contributed by atoms with Gasteiger partial charge in [0.1, 0.15) is 5.69 Å². The fourth-order valence-electron chi connectivity index (χ4n) is 1.31. The van der Waals surface area contributed by atoms with Crippen LogP contribution in [0.4, 0.5) is 0 Å². The number of hydrogen-bond donors (Lipinski definition) is 0. The standard InChI is InChI=1S/C11H17ClN2O/c1-5-11(3,4)10(15)9-8(12)7-13-14(9)6-2/h7H,5-6H2,1-4H3. The maximum Gasteiger partial charge on any atom is 0.187 e. The molecule has 1 rings (SSSR count). The first kappa shape index (κ1) is 12.2. The molecule has 0 saturated carbocycles. The molecule has 1 aromatic heterocycles. The van der Waals surface area contributed by atoms with E-state index < -0.39 is 0 Å². The molecule has 84 valence electrons. The number of Topliss-reactive ketones (excluding diaryl/α,β-unsaturated/α-hetero) is 1. The van der Waals surface area contributed by atoms with Crippen LogP contribution in [0.25, 0.3) is 0 Å². The lowest BCUT2D eigenvalue weighted by molar-refractivity contribution is 0.0821. The molecule has 0 bridgehead atoms. The topological polar surface area (TPSA) is 34.9 Å². The Balaban J connectivity index is 3.16. The first-order chi connectivity index (χ1) is 6.94. The molecule has 3 nitrogen and oxygen atoms in total. The molecule has 1 aromatic rings. The lowest BCUT2D eigenvalue weighted by Crippen LogP contribution is -2.26. The van der Waals surface area contributed by atoms with E-state index in [-0.39, 0.29) is 11.2 Å². The van der Waals surface area contributed by atoms with Crippen molar-refractivity contribution in [2.75, 3.05) is 0 Å². The number of aromatic nitrogens is 2. The van der Waals surface area contributed by atoms with Crippen molar-refractivity contribution in [3.8, 4) is 0 Å². The predicted octanol–water partition coefficient (Wildman–Crippen LogP) is 3.18. The molecule has 0 aliphatic heterocycles. The number of rotatable bonds is 4. The van der Waals surface area contributed by atoms with E-state index in [1.807, 2.05) is 27.7 Å².